The van der Waals surface area contributed by atoms with Crippen LogP contribution < -0.4 is 0 Å². The number of nitrogens with zero attached hydrogens (tertiary/aromatic N) is 3. The van der Waals surface area contributed by atoms with Crippen LogP contribution in [0.5, 0.6) is 0 Å². The van der Waals surface area contributed by atoms with Crippen molar-refractivity contribution in [3.05, 3.63) is 11.6 Å². The van der Waals surface area contributed by atoms with Gasteiger partial charge in [0.05, 0.1) is 19.8 Å². The molecule has 0 aliphatic carbocycles. The molecule has 0 saturated heterocycles. The molecule has 1 aromatic rings. The molecule has 0 fully saturated rings. The van der Waals surface area contributed by atoms with Crippen LogP contribution in [0.2, 0.25) is 0 Å². The van der Waals surface area contributed by atoms with E-state index >= 15 is 0 Å². The van der Waals surface area contributed by atoms with Crippen molar-refractivity contribution in [2.45, 2.75) is 33.2 Å². The smallest absolute Gasteiger partial charge is 0.153 e. The fourth-order valence-electron chi connectivity index (χ4n) is 1.38. The maximum absolute atomic E-state index is 8.52. The molecule has 0 aliphatic heterocycles. The molecule has 0 radical (unpaired) electrons. The molecular formula is C10H19N3O2. The van der Waals surface area contributed by atoms with Gasteiger partial charge in [0.25, 0.3) is 0 Å². The van der Waals surface area contributed by atoms with E-state index in [1.54, 1.807) is 0 Å². The van der Waals surface area contributed by atoms with E-state index in [9.17, 15) is 0 Å². The summed E-state index contributed by atoms with van der Waals surface area (Å²) in [6.07, 6.45) is 0.695. The Hall–Kier alpha value is -0.940. The van der Waals surface area contributed by atoms with E-state index in [1.807, 2.05) is 11.6 Å². The van der Waals surface area contributed by atoms with Crippen molar-refractivity contribution in [3.63, 3.8) is 0 Å². The minimum Gasteiger partial charge on any atom is -0.394 e. The van der Waals surface area contributed by atoms with Crippen LogP contribution in [0, 0.1) is 6.92 Å². The van der Waals surface area contributed by atoms with Gasteiger partial charge in [0.15, 0.2) is 5.82 Å². The van der Waals surface area contributed by atoms with Gasteiger partial charge in [-0.3, -0.25) is 0 Å². The van der Waals surface area contributed by atoms with E-state index in [4.69, 9.17) is 9.84 Å². The first-order chi connectivity index (χ1) is 7.15. The minimum atomic E-state index is 0.0624. The molecule has 0 spiro atoms. The Kier molecular flexibility index (Phi) is 4.71. The molecule has 0 amide bonds. The summed E-state index contributed by atoms with van der Waals surface area (Å²) >= 11 is 0. The lowest BCUT2D eigenvalue weighted by molar-refractivity contribution is 0.0936. The van der Waals surface area contributed by atoms with E-state index in [0.717, 1.165) is 11.6 Å². The van der Waals surface area contributed by atoms with Crippen molar-refractivity contribution in [2.75, 3.05) is 19.8 Å². The third-order valence-corrected chi connectivity index (χ3v) is 2.04. The van der Waals surface area contributed by atoms with Crippen LogP contribution in [0.4, 0.5) is 0 Å². The Morgan fingerprint density at radius 2 is 2.13 bits per heavy atom. The lowest BCUT2D eigenvalue weighted by atomic mass is 10.4. The summed E-state index contributed by atoms with van der Waals surface area (Å²) in [5.74, 6) is 1.74. The molecule has 1 aromatic heterocycles. The Labute approximate surface area is 90.1 Å². The van der Waals surface area contributed by atoms with E-state index in [1.165, 1.54) is 0 Å². The molecule has 0 bridgehead atoms. The Morgan fingerprint density at radius 1 is 1.40 bits per heavy atom. The van der Waals surface area contributed by atoms with Crippen LogP contribution in [0.1, 0.15) is 31.5 Å². The van der Waals surface area contributed by atoms with Crippen LogP contribution in [0.25, 0.3) is 0 Å². The molecule has 86 valence electrons. The van der Waals surface area contributed by atoms with Gasteiger partial charge < -0.3 is 9.84 Å². The third kappa shape index (κ3) is 3.60. The normalized spacial score (nSPS) is 11.3. The number of hydrogen-bond acceptors (Lipinski definition) is 4. The average Bonchev–Trinajstić information content (AvgIpc) is 2.55. The summed E-state index contributed by atoms with van der Waals surface area (Å²) in [7, 11) is 0. The summed E-state index contributed by atoms with van der Waals surface area (Å²) in [5.41, 5.74) is 0. The lowest BCUT2D eigenvalue weighted by Gasteiger charge is -2.05. The Bertz CT molecular complexity index is 297. The van der Waals surface area contributed by atoms with Crippen molar-refractivity contribution in [1.29, 1.82) is 0 Å². The number of aliphatic hydroxyl groups is 1. The predicted molar refractivity (Wildman–Crippen MR) is 56.8 cm³/mol. The third-order valence-electron chi connectivity index (χ3n) is 2.04. The van der Waals surface area contributed by atoms with Crippen LogP contribution in [-0.2, 0) is 11.2 Å². The Balaban J connectivity index is 2.45. The Morgan fingerprint density at radius 3 is 2.67 bits per heavy atom. The molecule has 0 atom stereocenters. The van der Waals surface area contributed by atoms with E-state index in [0.29, 0.717) is 25.7 Å². The molecule has 0 aromatic carbocycles. The monoisotopic (exact) mass is 213 g/mol. The van der Waals surface area contributed by atoms with E-state index < -0.39 is 0 Å². The van der Waals surface area contributed by atoms with Crippen LogP contribution >= 0.6 is 0 Å². The highest BCUT2D eigenvalue weighted by Crippen LogP contribution is 2.06. The van der Waals surface area contributed by atoms with Crippen molar-refractivity contribution in [3.8, 4) is 0 Å². The SMILES string of the molecule is Cc1nc(CCOCCO)nn1C(C)C. The van der Waals surface area contributed by atoms with Crippen molar-refractivity contribution in [2.24, 2.45) is 0 Å². The molecule has 1 N–H and O–H groups in total. The average molecular weight is 213 g/mol. The van der Waals surface area contributed by atoms with E-state index in [-0.39, 0.29) is 6.61 Å². The first kappa shape index (κ1) is 12.1. The number of ether oxygens (including phenoxy) is 1. The quantitative estimate of drug-likeness (QED) is 0.707. The van der Waals surface area contributed by atoms with Gasteiger partial charge in [-0.2, -0.15) is 5.10 Å². The summed E-state index contributed by atoms with van der Waals surface area (Å²) in [4.78, 5) is 4.34. The number of hydrogen-bond donors (Lipinski definition) is 1. The molecular weight excluding hydrogens is 194 g/mol. The summed E-state index contributed by atoms with van der Waals surface area (Å²) < 4.78 is 7.06. The van der Waals surface area contributed by atoms with Gasteiger partial charge in [-0.05, 0) is 20.8 Å². The van der Waals surface area contributed by atoms with Crippen molar-refractivity contribution < 1.29 is 9.84 Å². The fraction of sp³-hybridized carbons (Fsp3) is 0.800. The zero-order valence-corrected chi connectivity index (χ0v) is 9.60. The van der Waals surface area contributed by atoms with Gasteiger partial charge in [0.2, 0.25) is 0 Å². The number of aromatic nitrogens is 3. The summed E-state index contributed by atoms with van der Waals surface area (Å²) in [6, 6.07) is 0.338. The first-order valence-electron chi connectivity index (χ1n) is 5.25. The van der Waals surface area contributed by atoms with Crippen LogP contribution in [0.15, 0.2) is 0 Å². The second-order valence-corrected chi connectivity index (χ2v) is 3.70. The zero-order chi connectivity index (χ0) is 11.3. The largest absolute Gasteiger partial charge is 0.394 e. The summed E-state index contributed by atoms with van der Waals surface area (Å²) in [5, 5.41) is 12.9. The highest BCUT2D eigenvalue weighted by Gasteiger charge is 2.08. The molecule has 5 heteroatoms. The van der Waals surface area contributed by atoms with Gasteiger partial charge in [-0.1, -0.05) is 0 Å². The van der Waals surface area contributed by atoms with Crippen LogP contribution in [0.3, 0.4) is 0 Å². The molecule has 15 heavy (non-hydrogen) atoms. The molecule has 1 heterocycles. The zero-order valence-electron chi connectivity index (χ0n) is 9.60. The van der Waals surface area contributed by atoms with Crippen LogP contribution in [-0.4, -0.2) is 39.7 Å². The topological polar surface area (TPSA) is 60.2 Å². The first-order valence-corrected chi connectivity index (χ1v) is 5.25. The molecule has 0 unspecified atom stereocenters. The molecule has 1 rings (SSSR count). The highest BCUT2D eigenvalue weighted by molar-refractivity contribution is 4.92. The fourth-order valence-corrected chi connectivity index (χ4v) is 1.38. The highest BCUT2D eigenvalue weighted by atomic mass is 16.5. The summed E-state index contributed by atoms with van der Waals surface area (Å²) in [6.45, 7) is 7.10. The van der Waals surface area contributed by atoms with Crippen molar-refractivity contribution >= 4 is 0 Å². The molecule has 0 saturated carbocycles. The predicted octanol–water partition coefficient (Wildman–Crippen LogP) is 0.719. The molecule has 5 nitrogen and oxygen atoms in total. The number of rotatable bonds is 6. The van der Waals surface area contributed by atoms with Crippen molar-refractivity contribution in [1.82, 2.24) is 14.8 Å². The van der Waals surface area contributed by atoms with Gasteiger partial charge in [0, 0.05) is 12.5 Å². The van der Waals surface area contributed by atoms with Gasteiger partial charge in [-0.15, -0.1) is 0 Å². The second-order valence-electron chi connectivity index (χ2n) is 3.70. The lowest BCUT2D eigenvalue weighted by Crippen LogP contribution is -2.06. The number of aryl methyl sites for hydroxylation is 1. The second kappa shape index (κ2) is 5.82. The van der Waals surface area contributed by atoms with E-state index in [2.05, 4.69) is 23.9 Å². The standard InChI is InChI=1S/C10H19N3O2/c1-8(2)13-9(3)11-10(12-13)4-6-15-7-5-14/h8,14H,4-7H2,1-3H3. The van der Waals surface area contributed by atoms with Gasteiger partial charge in [0.1, 0.15) is 5.82 Å². The van der Waals surface area contributed by atoms with Gasteiger partial charge >= 0.3 is 0 Å². The molecule has 0 aliphatic rings. The maximum atomic E-state index is 8.52. The maximum Gasteiger partial charge on any atom is 0.153 e. The number of aliphatic hydroxyl groups excluding tert-OH is 1. The minimum absolute atomic E-state index is 0.0624. The van der Waals surface area contributed by atoms with Gasteiger partial charge in [-0.25, -0.2) is 9.67 Å².